The highest BCUT2D eigenvalue weighted by Crippen LogP contribution is 2.29. The Morgan fingerprint density at radius 3 is 2.52 bits per heavy atom. The average Bonchev–Trinajstić information content (AvgIpc) is 3.16. The quantitative estimate of drug-likeness (QED) is 0.860. The van der Waals surface area contributed by atoms with Gasteiger partial charge in [0, 0.05) is 22.8 Å². The Hall–Kier alpha value is -1.85. The maximum absolute atomic E-state index is 12.6. The van der Waals surface area contributed by atoms with Gasteiger partial charge in [-0.1, -0.05) is 24.4 Å². The van der Waals surface area contributed by atoms with Crippen LogP contribution in [-0.2, 0) is 11.2 Å². The molecule has 0 aliphatic heterocycles. The number of nitrogens with two attached hydrogens (primary N) is 1. The van der Waals surface area contributed by atoms with Crippen LogP contribution in [0.4, 0.5) is 0 Å². The molecule has 0 unspecified atom stereocenters. The molecule has 0 bridgehead atoms. The first-order valence-electron chi connectivity index (χ1n) is 8.76. The van der Waals surface area contributed by atoms with Crippen molar-refractivity contribution in [2.75, 3.05) is 6.54 Å². The molecule has 1 aliphatic rings. The Kier molecular flexibility index (Phi) is 5.16. The predicted molar refractivity (Wildman–Crippen MR) is 100 cm³/mol. The Morgan fingerprint density at radius 2 is 1.92 bits per heavy atom. The van der Waals surface area contributed by atoms with Crippen molar-refractivity contribution in [2.45, 2.75) is 51.5 Å². The molecule has 0 spiro atoms. The molecule has 1 saturated carbocycles. The number of aromatic nitrogens is 2. The fourth-order valence-corrected chi connectivity index (χ4v) is 3.82. The number of rotatable bonds is 5. The van der Waals surface area contributed by atoms with Crippen LogP contribution in [0.5, 0.6) is 0 Å². The SMILES string of the molecule is Cc1nn(-c2ccc(Cl)cc2)c(C)c1CC(=O)NC1(CN)CCCC1. The predicted octanol–water partition coefficient (Wildman–Crippen LogP) is 3.07. The number of nitrogens with zero attached hydrogens (tertiary/aromatic N) is 2. The molecule has 5 nitrogen and oxygen atoms in total. The summed E-state index contributed by atoms with van der Waals surface area (Å²) in [5, 5.41) is 8.47. The Bertz CT molecular complexity index is 760. The fraction of sp³-hybridized carbons (Fsp3) is 0.474. The summed E-state index contributed by atoms with van der Waals surface area (Å²) in [6.07, 6.45) is 4.52. The molecular weight excluding hydrogens is 336 g/mol. The summed E-state index contributed by atoms with van der Waals surface area (Å²) in [7, 11) is 0. The van der Waals surface area contributed by atoms with E-state index in [-0.39, 0.29) is 11.4 Å². The van der Waals surface area contributed by atoms with Gasteiger partial charge in [-0.2, -0.15) is 5.10 Å². The van der Waals surface area contributed by atoms with Gasteiger partial charge in [-0.3, -0.25) is 4.79 Å². The molecular formula is C19H25ClN4O. The summed E-state index contributed by atoms with van der Waals surface area (Å²) in [6.45, 7) is 4.43. The van der Waals surface area contributed by atoms with Crippen molar-refractivity contribution < 1.29 is 4.79 Å². The number of aryl methyl sites for hydroxylation is 1. The molecule has 3 rings (SSSR count). The van der Waals surface area contributed by atoms with E-state index < -0.39 is 0 Å². The summed E-state index contributed by atoms with van der Waals surface area (Å²) < 4.78 is 1.86. The van der Waals surface area contributed by atoms with E-state index in [0.29, 0.717) is 18.0 Å². The summed E-state index contributed by atoms with van der Waals surface area (Å²) in [6, 6.07) is 7.52. The summed E-state index contributed by atoms with van der Waals surface area (Å²) in [5.74, 6) is 0.0224. The van der Waals surface area contributed by atoms with E-state index in [1.54, 1.807) is 0 Å². The minimum atomic E-state index is -0.217. The molecule has 1 aliphatic carbocycles. The molecule has 1 fully saturated rings. The first-order valence-corrected chi connectivity index (χ1v) is 9.14. The lowest BCUT2D eigenvalue weighted by atomic mass is 9.97. The Morgan fingerprint density at radius 1 is 1.28 bits per heavy atom. The van der Waals surface area contributed by atoms with Gasteiger partial charge in [-0.25, -0.2) is 4.68 Å². The fourth-order valence-electron chi connectivity index (χ4n) is 3.70. The van der Waals surface area contributed by atoms with Gasteiger partial charge in [0.1, 0.15) is 0 Å². The van der Waals surface area contributed by atoms with Crippen LogP contribution in [0.25, 0.3) is 5.69 Å². The lowest BCUT2D eigenvalue weighted by Gasteiger charge is -2.28. The maximum Gasteiger partial charge on any atom is 0.225 e. The number of amides is 1. The van der Waals surface area contributed by atoms with Crippen LogP contribution in [0.2, 0.25) is 5.02 Å². The normalized spacial score (nSPS) is 16.2. The highest BCUT2D eigenvalue weighted by molar-refractivity contribution is 6.30. The van der Waals surface area contributed by atoms with Crippen molar-refractivity contribution in [1.82, 2.24) is 15.1 Å². The number of hydrogen-bond acceptors (Lipinski definition) is 3. The van der Waals surface area contributed by atoms with E-state index in [1.807, 2.05) is 42.8 Å². The minimum absolute atomic E-state index is 0.0224. The number of carbonyl (C=O) groups excluding carboxylic acids is 1. The van der Waals surface area contributed by atoms with Crippen molar-refractivity contribution in [3.63, 3.8) is 0 Å². The standard InChI is InChI=1S/C19H25ClN4O/c1-13-17(11-18(25)22-19(12-21)9-3-4-10-19)14(2)24(23-13)16-7-5-15(20)6-8-16/h5-8H,3-4,9-12,21H2,1-2H3,(H,22,25). The van der Waals surface area contributed by atoms with Gasteiger partial charge in [0.15, 0.2) is 0 Å². The topological polar surface area (TPSA) is 72.9 Å². The van der Waals surface area contributed by atoms with Crippen LogP contribution >= 0.6 is 11.6 Å². The van der Waals surface area contributed by atoms with Crippen LogP contribution in [0, 0.1) is 13.8 Å². The number of nitrogens with one attached hydrogen (secondary N) is 1. The van der Waals surface area contributed by atoms with Crippen molar-refractivity contribution in [3.05, 3.63) is 46.2 Å². The first-order chi connectivity index (χ1) is 11.9. The monoisotopic (exact) mass is 360 g/mol. The third-order valence-electron chi connectivity index (χ3n) is 5.21. The number of hydrogen-bond donors (Lipinski definition) is 2. The summed E-state index contributed by atoms with van der Waals surface area (Å²) in [5.41, 5.74) is 9.46. The lowest BCUT2D eigenvalue weighted by Crippen LogP contribution is -2.52. The molecule has 134 valence electrons. The van der Waals surface area contributed by atoms with Gasteiger partial charge in [-0.15, -0.1) is 0 Å². The van der Waals surface area contributed by atoms with Gasteiger partial charge in [0.2, 0.25) is 5.91 Å². The van der Waals surface area contributed by atoms with E-state index in [4.69, 9.17) is 17.3 Å². The molecule has 2 aromatic rings. The van der Waals surface area contributed by atoms with Gasteiger partial charge in [0.05, 0.1) is 23.3 Å². The third kappa shape index (κ3) is 3.72. The Labute approximate surface area is 153 Å². The molecule has 1 amide bonds. The second kappa shape index (κ2) is 7.18. The van der Waals surface area contributed by atoms with E-state index in [9.17, 15) is 4.79 Å². The number of carbonyl (C=O) groups is 1. The lowest BCUT2D eigenvalue weighted by molar-refractivity contribution is -0.122. The third-order valence-corrected chi connectivity index (χ3v) is 5.46. The highest BCUT2D eigenvalue weighted by atomic mass is 35.5. The van der Waals surface area contributed by atoms with Gasteiger partial charge >= 0.3 is 0 Å². The van der Waals surface area contributed by atoms with Crippen molar-refractivity contribution in [2.24, 2.45) is 5.73 Å². The molecule has 1 aromatic carbocycles. The number of benzene rings is 1. The van der Waals surface area contributed by atoms with E-state index in [1.165, 1.54) is 0 Å². The van der Waals surface area contributed by atoms with Crippen LogP contribution in [0.1, 0.15) is 42.6 Å². The second-order valence-corrected chi connectivity index (χ2v) is 7.39. The molecule has 0 saturated heterocycles. The van der Waals surface area contributed by atoms with Crippen molar-refractivity contribution >= 4 is 17.5 Å². The maximum atomic E-state index is 12.6. The van der Waals surface area contributed by atoms with Crippen molar-refractivity contribution in [1.29, 1.82) is 0 Å². The van der Waals surface area contributed by atoms with Crippen LogP contribution in [-0.4, -0.2) is 27.8 Å². The van der Waals surface area contributed by atoms with E-state index >= 15 is 0 Å². The smallest absolute Gasteiger partial charge is 0.225 e. The van der Waals surface area contributed by atoms with E-state index in [0.717, 1.165) is 48.3 Å². The molecule has 3 N–H and O–H groups in total. The zero-order valence-electron chi connectivity index (χ0n) is 14.8. The van der Waals surface area contributed by atoms with Gasteiger partial charge in [0.25, 0.3) is 0 Å². The zero-order chi connectivity index (χ0) is 18.0. The molecule has 1 aromatic heterocycles. The zero-order valence-corrected chi connectivity index (χ0v) is 15.6. The summed E-state index contributed by atoms with van der Waals surface area (Å²) in [4.78, 5) is 12.6. The van der Waals surface area contributed by atoms with Gasteiger partial charge in [-0.05, 0) is 51.0 Å². The first kappa shape index (κ1) is 18.0. The average molecular weight is 361 g/mol. The Balaban J connectivity index is 1.79. The largest absolute Gasteiger partial charge is 0.349 e. The van der Waals surface area contributed by atoms with E-state index in [2.05, 4.69) is 10.4 Å². The van der Waals surface area contributed by atoms with Gasteiger partial charge < -0.3 is 11.1 Å². The van der Waals surface area contributed by atoms with Crippen LogP contribution in [0.3, 0.4) is 0 Å². The second-order valence-electron chi connectivity index (χ2n) is 6.95. The summed E-state index contributed by atoms with van der Waals surface area (Å²) >= 11 is 5.96. The minimum Gasteiger partial charge on any atom is -0.349 e. The molecule has 0 radical (unpaired) electrons. The molecule has 25 heavy (non-hydrogen) atoms. The van der Waals surface area contributed by atoms with Crippen LogP contribution in [0.15, 0.2) is 24.3 Å². The van der Waals surface area contributed by atoms with Crippen molar-refractivity contribution in [3.8, 4) is 5.69 Å². The number of halogens is 1. The molecule has 6 heteroatoms. The molecule has 1 heterocycles. The highest BCUT2D eigenvalue weighted by Gasteiger charge is 2.34. The molecule has 0 atom stereocenters. The van der Waals surface area contributed by atoms with Crippen LogP contribution < -0.4 is 11.1 Å².